The Morgan fingerprint density at radius 3 is 2.58 bits per heavy atom. The maximum atomic E-state index is 12.7. The van der Waals surface area contributed by atoms with Gasteiger partial charge in [-0.3, -0.25) is 9.00 Å². The molecule has 1 fully saturated rings. The van der Waals surface area contributed by atoms with Gasteiger partial charge in [-0.15, -0.1) is 0 Å². The number of carbonyl (C=O) groups is 2. The van der Waals surface area contributed by atoms with E-state index in [0.29, 0.717) is 17.1 Å². The average molecular weight is 377 g/mol. The molecule has 0 spiro atoms. The molecule has 2 aliphatic rings. The highest BCUT2D eigenvalue weighted by atomic mass is 32.2. The van der Waals surface area contributed by atoms with Crippen molar-refractivity contribution < 1.29 is 23.6 Å². The van der Waals surface area contributed by atoms with Crippen LogP contribution in [0.25, 0.3) is 0 Å². The largest absolute Gasteiger partial charge is 0.456 e. The quantitative estimate of drug-likeness (QED) is 0.603. The topological polar surface area (TPSA) is 83.9 Å². The van der Waals surface area contributed by atoms with E-state index in [1.54, 1.807) is 20.8 Å². The summed E-state index contributed by atoms with van der Waals surface area (Å²) in [4.78, 5) is 27.0. The van der Waals surface area contributed by atoms with Gasteiger partial charge < -0.3 is 14.7 Å². The van der Waals surface area contributed by atoms with Crippen molar-refractivity contribution in [3.8, 4) is 0 Å². The van der Waals surface area contributed by atoms with Crippen LogP contribution in [-0.2, 0) is 31.7 Å². The number of fused-ring (bicyclic) bond motifs is 1. The van der Waals surface area contributed by atoms with Gasteiger partial charge in [0.1, 0.15) is 12.3 Å². The fraction of sp³-hybridized carbons (Fsp3) is 0.474. The van der Waals surface area contributed by atoms with E-state index in [-0.39, 0.29) is 24.3 Å². The minimum Gasteiger partial charge on any atom is -0.456 e. The summed E-state index contributed by atoms with van der Waals surface area (Å²) in [5.74, 6) is -1.22. The van der Waals surface area contributed by atoms with Gasteiger partial charge in [0.15, 0.2) is 0 Å². The number of carbonyl (C=O) groups excluding carboxylic acids is 2. The van der Waals surface area contributed by atoms with E-state index < -0.39 is 28.3 Å². The molecule has 1 aromatic carbocycles. The Morgan fingerprint density at radius 1 is 1.35 bits per heavy atom. The standard InChI is InChI=1S/C19H23NO5S/c1-4-26(24)14-10-13-15(19(2,3)23)17(21)20(13)16(14)18(22)25-11-12-8-6-5-7-9-12/h5-9,13,15,23H,4,10-11H2,1-3H3/t13-,15-,26?/m1/s1. The maximum Gasteiger partial charge on any atom is 0.356 e. The summed E-state index contributed by atoms with van der Waals surface area (Å²) in [5.41, 5.74) is -0.268. The van der Waals surface area contributed by atoms with Gasteiger partial charge in [-0.05, 0) is 19.4 Å². The number of β-lactam (4-membered cyclic amide) rings is 1. The lowest BCUT2D eigenvalue weighted by atomic mass is 9.76. The van der Waals surface area contributed by atoms with Crippen LogP contribution in [0.3, 0.4) is 0 Å². The van der Waals surface area contributed by atoms with Crippen LogP contribution < -0.4 is 0 Å². The minimum absolute atomic E-state index is 0.0802. The normalized spacial score (nSPS) is 23.5. The molecular weight excluding hydrogens is 354 g/mol. The highest BCUT2D eigenvalue weighted by molar-refractivity contribution is 7.89. The molecule has 0 aromatic heterocycles. The smallest absolute Gasteiger partial charge is 0.356 e. The lowest BCUT2D eigenvalue weighted by Gasteiger charge is -2.48. The van der Waals surface area contributed by atoms with Crippen LogP contribution >= 0.6 is 0 Å². The summed E-state index contributed by atoms with van der Waals surface area (Å²) >= 11 is 0. The molecule has 1 N–H and O–H groups in total. The van der Waals surface area contributed by atoms with Crippen molar-refractivity contribution >= 4 is 22.7 Å². The van der Waals surface area contributed by atoms with Gasteiger partial charge in [0.25, 0.3) is 0 Å². The SMILES string of the molecule is CCS(=O)C1=C(C(=O)OCc2ccccc2)N2C(=O)[C@H](C(C)(C)O)[C@H]2C1. The van der Waals surface area contributed by atoms with Crippen molar-refractivity contribution in [2.24, 2.45) is 5.92 Å². The molecule has 0 aliphatic carbocycles. The lowest BCUT2D eigenvalue weighted by Crippen LogP contribution is -2.65. The molecule has 26 heavy (non-hydrogen) atoms. The molecule has 6 nitrogen and oxygen atoms in total. The van der Waals surface area contributed by atoms with Crippen LogP contribution in [-0.4, -0.2) is 43.5 Å². The maximum absolute atomic E-state index is 12.7. The molecule has 7 heteroatoms. The van der Waals surface area contributed by atoms with Crippen molar-refractivity contribution in [2.75, 3.05) is 5.75 Å². The Morgan fingerprint density at radius 2 is 2.00 bits per heavy atom. The average Bonchev–Trinajstić information content (AvgIpc) is 2.93. The van der Waals surface area contributed by atoms with E-state index in [0.717, 1.165) is 5.56 Å². The zero-order valence-electron chi connectivity index (χ0n) is 15.1. The van der Waals surface area contributed by atoms with Crippen LogP contribution in [0, 0.1) is 5.92 Å². The molecule has 1 saturated heterocycles. The summed E-state index contributed by atoms with van der Waals surface area (Å²) in [6, 6.07) is 8.89. The van der Waals surface area contributed by atoms with E-state index >= 15 is 0 Å². The van der Waals surface area contributed by atoms with Gasteiger partial charge in [0, 0.05) is 17.1 Å². The van der Waals surface area contributed by atoms with Crippen LogP contribution in [0.5, 0.6) is 0 Å². The molecule has 1 amide bonds. The van der Waals surface area contributed by atoms with Crippen molar-refractivity contribution in [1.82, 2.24) is 4.90 Å². The molecular formula is C19H23NO5S. The molecule has 0 radical (unpaired) electrons. The highest BCUT2D eigenvalue weighted by Crippen LogP contribution is 2.47. The van der Waals surface area contributed by atoms with E-state index in [2.05, 4.69) is 0 Å². The second-order valence-electron chi connectivity index (χ2n) is 7.08. The van der Waals surface area contributed by atoms with Crippen molar-refractivity contribution in [3.05, 3.63) is 46.5 Å². The summed E-state index contributed by atoms with van der Waals surface area (Å²) in [6.45, 7) is 5.00. The molecule has 0 saturated carbocycles. The van der Waals surface area contributed by atoms with E-state index in [4.69, 9.17) is 4.74 Å². The van der Waals surface area contributed by atoms with E-state index in [1.807, 2.05) is 30.3 Å². The summed E-state index contributed by atoms with van der Waals surface area (Å²) < 4.78 is 17.8. The van der Waals surface area contributed by atoms with Crippen LogP contribution in [0.1, 0.15) is 32.8 Å². The number of benzene rings is 1. The van der Waals surface area contributed by atoms with Crippen LogP contribution in [0.15, 0.2) is 40.9 Å². The lowest BCUT2D eigenvalue weighted by molar-refractivity contribution is -0.170. The molecule has 0 bridgehead atoms. The first-order chi connectivity index (χ1) is 12.3. The Labute approximate surface area is 155 Å². The number of aliphatic hydroxyl groups is 1. The number of hydrogen-bond acceptors (Lipinski definition) is 5. The third-order valence-electron chi connectivity index (χ3n) is 4.82. The number of ether oxygens (including phenoxy) is 1. The monoisotopic (exact) mass is 377 g/mol. The summed E-state index contributed by atoms with van der Waals surface area (Å²) in [5, 5.41) is 10.3. The highest BCUT2D eigenvalue weighted by Gasteiger charge is 2.60. The van der Waals surface area contributed by atoms with E-state index in [9.17, 15) is 18.9 Å². The Bertz CT molecular complexity index is 781. The van der Waals surface area contributed by atoms with Gasteiger partial charge >= 0.3 is 5.97 Å². The zero-order chi connectivity index (χ0) is 19.1. The van der Waals surface area contributed by atoms with Gasteiger partial charge in [-0.1, -0.05) is 37.3 Å². The Kier molecular flexibility index (Phi) is 5.03. The van der Waals surface area contributed by atoms with Gasteiger partial charge in [-0.25, -0.2) is 4.79 Å². The first-order valence-corrected chi connectivity index (χ1v) is 9.95. The van der Waals surface area contributed by atoms with E-state index in [1.165, 1.54) is 4.90 Å². The number of hydrogen-bond donors (Lipinski definition) is 1. The third-order valence-corrected chi connectivity index (χ3v) is 6.26. The van der Waals surface area contributed by atoms with Gasteiger partial charge in [0.05, 0.1) is 28.4 Å². The van der Waals surface area contributed by atoms with Crippen molar-refractivity contribution in [3.63, 3.8) is 0 Å². The van der Waals surface area contributed by atoms with Crippen molar-refractivity contribution in [1.29, 1.82) is 0 Å². The first kappa shape index (κ1) is 18.8. The molecule has 1 unspecified atom stereocenters. The molecule has 3 atom stereocenters. The number of amides is 1. The summed E-state index contributed by atoms with van der Waals surface area (Å²) in [6.07, 6.45) is 0.330. The predicted molar refractivity (Wildman–Crippen MR) is 97.0 cm³/mol. The Hall–Kier alpha value is -1.99. The first-order valence-electron chi connectivity index (χ1n) is 8.63. The molecule has 140 valence electrons. The number of nitrogens with zero attached hydrogens (tertiary/aromatic N) is 1. The molecule has 2 aliphatic heterocycles. The fourth-order valence-corrected chi connectivity index (χ4v) is 4.71. The molecule has 2 heterocycles. The van der Waals surface area contributed by atoms with Crippen LogP contribution in [0.2, 0.25) is 0 Å². The third kappa shape index (κ3) is 3.21. The zero-order valence-corrected chi connectivity index (χ0v) is 15.9. The number of esters is 1. The fourth-order valence-electron chi connectivity index (χ4n) is 3.60. The minimum atomic E-state index is -1.36. The van der Waals surface area contributed by atoms with Gasteiger partial charge in [-0.2, -0.15) is 0 Å². The van der Waals surface area contributed by atoms with Gasteiger partial charge in [0.2, 0.25) is 5.91 Å². The molecule has 3 rings (SSSR count). The van der Waals surface area contributed by atoms with Crippen molar-refractivity contribution in [2.45, 2.75) is 45.4 Å². The second-order valence-corrected chi connectivity index (χ2v) is 8.84. The summed E-state index contributed by atoms with van der Waals surface area (Å²) in [7, 11) is -1.36. The number of rotatable bonds is 6. The second kappa shape index (κ2) is 6.96. The molecule has 1 aromatic rings. The predicted octanol–water partition coefficient (Wildman–Crippen LogP) is 1.71. The van der Waals surface area contributed by atoms with Crippen LogP contribution in [0.4, 0.5) is 0 Å². The Balaban J connectivity index is 1.83.